The zero-order chi connectivity index (χ0) is 28.0. The number of carbonyl (C=O) groups is 1. The summed E-state index contributed by atoms with van der Waals surface area (Å²) in [5.74, 6) is 0.297. The van der Waals surface area contributed by atoms with Crippen molar-refractivity contribution in [2.75, 3.05) is 43.9 Å². The lowest BCUT2D eigenvalue weighted by Crippen LogP contribution is -2.49. The van der Waals surface area contributed by atoms with E-state index in [1.165, 1.54) is 37.2 Å². The predicted molar refractivity (Wildman–Crippen MR) is 174 cm³/mol. The maximum absolute atomic E-state index is 13.3. The van der Waals surface area contributed by atoms with Gasteiger partial charge >= 0.3 is 0 Å². The predicted octanol–water partition coefficient (Wildman–Crippen LogP) is 7.18. The molecule has 0 atom stereocenters. The van der Waals surface area contributed by atoms with E-state index in [2.05, 4.69) is 133 Å². The molecular weight excluding hydrogens is 527 g/mol. The van der Waals surface area contributed by atoms with Crippen molar-refractivity contribution >= 4 is 41.2 Å². The largest absolute Gasteiger partial charge is 0.367 e. The third kappa shape index (κ3) is 6.62. The van der Waals surface area contributed by atoms with Crippen molar-refractivity contribution in [3.05, 3.63) is 114 Å². The normalized spacial score (nSPS) is 13.9. The van der Waals surface area contributed by atoms with Crippen LogP contribution < -0.4 is 15.5 Å². The van der Waals surface area contributed by atoms with Crippen molar-refractivity contribution in [2.24, 2.45) is 0 Å². The number of hydrogen-bond donors (Lipinski definition) is 0. The topological polar surface area (TPSA) is 23.6 Å². The Labute approximate surface area is 245 Å². The second-order valence-corrected chi connectivity index (χ2v) is 15.8. The Balaban J connectivity index is 1.18. The van der Waals surface area contributed by atoms with Crippen LogP contribution in [-0.4, -0.2) is 49.8 Å². The first-order valence-corrected chi connectivity index (χ1v) is 17.5. The van der Waals surface area contributed by atoms with E-state index in [9.17, 15) is 4.79 Å². The van der Waals surface area contributed by atoms with E-state index in [1.54, 1.807) is 0 Å². The van der Waals surface area contributed by atoms with Gasteiger partial charge in [-0.3, -0.25) is 4.79 Å². The van der Waals surface area contributed by atoms with Gasteiger partial charge in [-0.1, -0.05) is 78.0 Å². The van der Waals surface area contributed by atoms with Crippen molar-refractivity contribution in [2.45, 2.75) is 36.5 Å². The number of para-hydroxylation sites is 1. The number of aryl methyl sites for hydroxylation is 2. The van der Waals surface area contributed by atoms with E-state index in [0.29, 0.717) is 12.3 Å². The highest BCUT2D eigenvalue weighted by atomic mass is 32.2. The van der Waals surface area contributed by atoms with Crippen LogP contribution in [0.15, 0.2) is 113 Å². The van der Waals surface area contributed by atoms with E-state index in [4.69, 9.17) is 0 Å². The molecule has 1 saturated heterocycles. The maximum Gasteiger partial charge on any atom is 0.222 e. The summed E-state index contributed by atoms with van der Waals surface area (Å²) < 4.78 is 0. The Kier molecular flexibility index (Phi) is 9.29. The molecule has 0 saturated carbocycles. The lowest BCUT2D eigenvalue weighted by molar-refractivity contribution is -0.131. The first-order valence-electron chi connectivity index (χ1n) is 14.3. The summed E-state index contributed by atoms with van der Waals surface area (Å²) in [6, 6.07) is 37.1. The van der Waals surface area contributed by atoms with Crippen molar-refractivity contribution in [3.63, 3.8) is 0 Å². The number of anilines is 1. The Morgan fingerprint density at radius 2 is 1.35 bits per heavy atom. The Morgan fingerprint density at radius 1 is 0.750 bits per heavy atom. The zero-order valence-corrected chi connectivity index (χ0v) is 25.6. The van der Waals surface area contributed by atoms with Gasteiger partial charge in [0.2, 0.25) is 5.91 Å². The van der Waals surface area contributed by atoms with Crippen molar-refractivity contribution in [3.8, 4) is 0 Å². The van der Waals surface area contributed by atoms with Gasteiger partial charge in [-0.15, -0.1) is 0 Å². The summed E-state index contributed by atoms with van der Waals surface area (Å²) in [6.07, 6.45) is 2.59. The zero-order valence-electron chi connectivity index (χ0n) is 23.9. The van der Waals surface area contributed by atoms with Gasteiger partial charge in [0.15, 0.2) is 0 Å². The van der Waals surface area contributed by atoms with Gasteiger partial charge in [-0.2, -0.15) is 0 Å². The Bertz CT molecular complexity index is 1380. The molecule has 1 aliphatic rings. The standard InChI is InChI=1S/C35H40N2OPS/c1-28-20-21-33(29(2)27-28)40-34-18-11-10-17-32(34)36-22-24-37(25-23-36)35(38)19-12-26-39(3,30-13-6-4-7-14-30)31-15-8-5-9-16-31/h4-11,13-18,20-21,27H,12,19,22-26H2,1-3H3/q+1. The number of piperazine rings is 1. The fourth-order valence-corrected chi connectivity index (χ4v) is 9.97. The van der Waals surface area contributed by atoms with Crippen LogP contribution in [0.5, 0.6) is 0 Å². The highest BCUT2D eigenvalue weighted by molar-refractivity contribution is 7.99. The van der Waals surface area contributed by atoms with E-state index >= 15 is 0 Å². The van der Waals surface area contributed by atoms with Gasteiger partial charge in [0.1, 0.15) is 0 Å². The minimum atomic E-state index is -1.54. The van der Waals surface area contributed by atoms with E-state index in [-0.39, 0.29) is 0 Å². The number of nitrogens with zero attached hydrogens (tertiary/aromatic N) is 2. The van der Waals surface area contributed by atoms with Gasteiger partial charge < -0.3 is 9.80 Å². The molecule has 0 aliphatic carbocycles. The third-order valence-corrected chi connectivity index (χ3v) is 13.4. The smallest absolute Gasteiger partial charge is 0.222 e. The minimum Gasteiger partial charge on any atom is -0.367 e. The fraction of sp³-hybridized carbons (Fsp3) is 0.286. The van der Waals surface area contributed by atoms with Gasteiger partial charge in [0, 0.05) is 42.4 Å². The summed E-state index contributed by atoms with van der Waals surface area (Å²) in [6.45, 7) is 10.1. The molecule has 1 heterocycles. The van der Waals surface area contributed by atoms with Crippen LogP contribution in [0.1, 0.15) is 24.0 Å². The van der Waals surface area contributed by atoms with Crippen molar-refractivity contribution < 1.29 is 4.79 Å². The molecule has 0 radical (unpaired) electrons. The third-order valence-electron chi connectivity index (χ3n) is 8.04. The molecule has 0 N–H and O–H groups in total. The first kappa shape index (κ1) is 28.5. The lowest BCUT2D eigenvalue weighted by atomic mass is 10.2. The highest BCUT2D eigenvalue weighted by Crippen LogP contribution is 2.53. The van der Waals surface area contributed by atoms with Crippen molar-refractivity contribution in [1.82, 2.24) is 4.90 Å². The van der Waals surface area contributed by atoms with Gasteiger partial charge in [0.05, 0.1) is 36.4 Å². The SMILES string of the molecule is Cc1ccc(Sc2ccccc2N2CCN(C(=O)CCC[P+](C)(c3ccccc3)c3ccccc3)CC2)c(C)c1. The average molecular weight is 568 g/mol. The average Bonchev–Trinajstić information content (AvgIpc) is 2.99. The second kappa shape index (κ2) is 13.1. The van der Waals surface area contributed by atoms with E-state index < -0.39 is 7.26 Å². The minimum absolute atomic E-state index is 0.297. The molecule has 0 unspecified atom stereocenters. The lowest BCUT2D eigenvalue weighted by Gasteiger charge is -2.37. The van der Waals surface area contributed by atoms with E-state index in [1.807, 2.05) is 11.8 Å². The molecule has 206 valence electrons. The number of hydrogen-bond acceptors (Lipinski definition) is 3. The first-order chi connectivity index (χ1) is 19.4. The highest BCUT2D eigenvalue weighted by Gasteiger charge is 2.37. The molecule has 5 heteroatoms. The molecule has 40 heavy (non-hydrogen) atoms. The monoisotopic (exact) mass is 567 g/mol. The Hall–Kier alpha value is -3.07. The van der Waals surface area contributed by atoms with Crippen LogP contribution in [0, 0.1) is 13.8 Å². The molecule has 0 spiro atoms. The quantitative estimate of drug-likeness (QED) is 0.200. The summed E-state index contributed by atoms with van der Waals surface area (Å²) in [5.41, 5.74) is 3.88. The molecule has 1 aliphatic heterocycles. The van der Waals surface area contributed by atoms with E-state index in [0.717, 1.165) is 38.8 Å². The van der Waals surface area contributed by atoms with Gasteiger partial charge in [-0.05, 0) is 68.3 Å². The summed E-state index contributed by atoms with van der Waals surface area (Å²) >= 11 is 1.84. The Morgan fingerprint density at radius 3 is 1.98 bits per heavy atom. The number of rotatable bonds is 9. The maximum atomic E-state index is 13.3. The van der Waals surface area contributed by atoms with Crippen LogP contribution in [0.2, 0.25) is 0 Å². The molecule has 1 amide bonds. The fourth-order valence-electron chi connectivity index (χ4n) is 5.66. The molecule has 4 aromatic carbocycles. The van der Waals surface area contributed by atoms with Crippen molar-refractivity contribution in [1.29, 1.82) is 0 Å². The second-order valence-electron chi connectivity index (χ2n) is 10.9. The number of amides is 1. The van der Waals surface area contributed by atoms with Crippen LogP contribution >= 0.6 is 19.0 Å². The summed E-state index contributed by atoms with van der Waals surface area (Å²) in [5, 5.41) is 2.83. The molecule has 4 aromatic rings. The van der Waals surface area contributed by atoms with Gasteiger partial charge in [0.25, 0.3) is 0 Å². The summed E-state index contributed by atoms with van der Waals surface area (Å²) in [7, 11) is -1.54. The van der Waals surface area contributed by atoms with Crippen LogP contribution in [0.4, 0.5) is 5.69 Å². The molecule has 5 rings (SSSR count). The van der Waals surface area contributed by atoms with Crippen LogP contribution in [0.3, 0.4) is 0 Å². The molecule has 1 fully saturated rings. The molecular formula is C35H40N2OPS+. The van der Waals surface area contributed by atoms with Gasteiger partial charge in [-0.25, -0.2) is 0 Å². The molecule has 0 bridgehead atoms. The molecule has 0 aromatic heterocycles. The summed E-state index contributed by atoms with van der Waals surface area (Å²) in [4.78, 5) is 20.4. The molecule has 3 nitrogen and oxygen atoms in total. The number of carbonyl (C=O) groups excluding carboxylic acids is 1. The number of benzene rings is 4. The van der Waals surface area contributed by atoms with Crippen LogP contribution in [0.25, 0.3) is 0 Å². The van der Waals surface area contributed by atoms with Crippen LogP contribution in [-0.2, 0) is 4.79 Å².